The summed E-state index contributed by atoms with van der Waals surface area (Å²) in [6.07, 6.45) is 1.80. The fourth-order valence-corrected chi connectivity index (χ4v) is 2.10. The summed E-state index contributed by atoms with van der Waals surface area (Å²) in [4.78, 5) is 4.32. The van der Waals surface area contributed by atoms with Gasteiger partial charge in [-0.2, -0.15) is 0 Å². The van der Waals surface area contributed by atoms with Crippen molar-refractivity contribution in [2.24, 2.45) is 0 Å². The average molecular weight is 253 g/mol. The number of fused-ring (bicyclic) bond motifs is 1. The van der Waals surface area contributed by atoms with Crippen molar-refractivity contribution in [1.82, 2.24) is 9.38 Å². The smallest absolute Gasteiger partial charge is 0.138 e. The zero-order valence-corrected chi connectivity index (χ0v) is 10.7. The van der Waals surface area contributed by atoms with Gasteiger partial charge in [0.1, 0.15) is 23.8 Å². The van der Waals surface area contributed by atoms with E-state index < -0.39 is 0 Å². The Hall–Kier alpha value is -2.49. The molecule has 0 unspecified atom stereocenters. The first-order chi connectivity index (χ1) is 9.25. The second-order valence-corrected chi connectivity index (χ2v) is 4.45. The van der Waals surface area contributed by atoms with Crippen LogP contribution < -0.4 is 10.5 Å². The first kappa shape index (κ1) is 11.6. The number of imidazole rings is 1. The molecule has 0 aliphatic rings. The van der Waals surface area contributed by atoms with Crippen LogP contribution >= 0.6 is 0 Å². The molecule has 0 bridgehead atoms. The Morgan fingerprint density at radius 2 is 2.00 bits per heavy atom. The van der Waals surface area contributed by atoms with E-state index in [9.17, 15) is 0 Å². The SMILES string of the molecule is Cc1ccccc1OCc1cnc2cccc(N)n12. The normalized spacial score (nSPS) is 10.8. The highest BCUT2D eigenvalue weighted by molar-refractivity contribution is 5.49. The zero-order valence-electron chi connectivity index (χ0n) is 10.7. The van der Waals surface area contributed by atoms with Crippen LogP contribution in [-0.2, 0) is 6.61 Å². The van der Waals surface area contributed by atoms with Crippen molar-refractivity contribution in [3.63, 3.8) is 0 Å². The molecule has 0 atom stereocenters. The molecule has 0 amide bonds. The van der Waals surface area contributed by atoms with Crippen molar-refractivity contribution >= 4 is 11.5 Å². The van der Waals surface area contributed by atoms with Gasteiger partial charge in [0.05, 0.1) is 11.9 Å². The van der Waals surface area contributed by atoms with Crippen LogP contribution in [0.4, 0.5) is 5.82 Å². The van der Waals surface area contributed by atoms with Gasteiger partial charge in [0.25, 0.3) is 0 Å². The number of hydrogen-bond donors (Lipinski definition) is 1. The molecule has 2 N–H and O–H groups in total. The molecule has 2 aromatic heterocycles. The van der Waals surface area contributed by atoms with Crippen LogP contribution in [0.5, 0.6) is 5.75 Å². The van der Waals surface area contributed by atoms with E-state index in [-0.39, 0.29) is 0 Å². The van der Waals surface area contributed by atoms with Crippen LogP contribution in [0.15, 0.2) is 48.7 Å². The van der Waals surface area contributed by atoms with E-state index in [0.717, 1.165) is 22.7 Å². The number of nitrogens with two attached hydrogens (primary N) is 1. The molecule has 0 radical (unpaired) electrons. The van der Waals surface area contributed by atoms with E-state index in [4.69, 9.17) is 10.5 Å². The van der Waals surface area contributed by atoms with E-state index >= 15 is 0 Å². The molecule has 1 aromatic carbocycles. The highest BCUT2D eigenvalue weighted by atomic mass is 16.5. The molecule has 4 heteroatoms. The van der Waals surface area contributed by atoms with Crippen LogP contribution in [0, 0.1) is 6.92 Å². The number of nitrogen functional groups attached to an aromatic ring is 1. The van der Waals surface area contributed by atoms with Gasteiger partial charge in [-0.1, -0.05) is 24.3 Å². The molecule has 19 heavy (non-hydrogen) atoms. The van der Waals surface area contributed by atoms with Gasteiger partial charge in [0.2, 0.25) is 0 Å². The first-order valence-corrected chi connectivity index (χ1v) is 6.15. The summed E-state index contributed by atoms with van der Waals surface area (Å²) in [5.74, 6) is 1.55. The van der Waals surface area contributed by atoms with Crippen molar-refractivity contribution in [2.75, 3.05) is 5.73 Å². The number of ether oxygens (including phenoxy) is 1. The maximum Gasteiger partial charge on any atom is 0.138 e. The molecule has 3 rings (SSSR count). The number of rotatable bonds is 3. The molecular weight excluding hydrogens is 238 g/mol. The lowest BCUT2D eigenvalue weighted by molar-refractivity contribution is 0.298. The van der Waals surface area contributed by atoms with Gasteiger partial charge < -0.3 is 10.5 Å². The molecule has 0 saturated heterocycles. The molecule has 0 spiro atoms. The largest absolute Gasteiger partial charge is 0.487 e. The van der Waals surface area contributed by atoms with Crippen molar-refractivity contribution in [3.05, 3.63) is 59.9 Å². The summed E-state index contributed by atoms with van der Waals surface area (Å²) >= 11 is 0. The minimum Gasteiger partial charge on any atom is -0.487 e. The fraction of sp³-hybridized carbons (Fsp3) is 0.133. The molecule has 0 saturated carbocycles. The number of nitrogens with zero attached hydrogens (tertiary/aromatic N) is 2. The molecule has 96 valence electrons. The maximum atomic E-state index is 5.97. The molecule has 3 aromatic rings. The van der Waals surface area contributed by atoms with Crippen LogP contribution in [0.2, 0.25) is 0 Å². The first-order valence-electron chi connectivity index (χ1n) is 6.15. The summed E-state index contributed by atoms with van der Waals surface area (Å²) in [6.45, 7) is 2.47. The van der Waals surface area contributed by atoms with Gasteiger partial charge in [-0.3, -0.25) is 4.40 Å². The van der Waals surface area contributed by atoms with Crippen LogP contribution in [0.3, 0.4) is 0 Å². The summed E-state index contributed by atoms with van der Waals surface area (Å²) in [7, 11) is 0. The van der Waals surface area contributed by atoms with Crippen LogP contribution in [0.25, 0.3) is 5.65 Å². The Kier molecular flexibility index (Phi) is 2.83. The summed E-state index contributed by atoms with van der Waals surface area (Å²) < 4.78 is 7.73. The van der Waals surface area contributed by atoms with Gasteiger partial charge in [-0.25, -0.2) is 4.98 Å². The topological polar surface area (TPSA) is 52.5 Å². The molecule has 2 heterocycles. The predicted octanol–water partition coefficient (Wildman–Crippen LogP) is 2.80. The Bertz CT molecular complexity index is 718. The Morgan fingerprint density at radius 3 is 2.84 bits per heavy atom. The van der Waals surface area contributed by atoms with Crippen molar-refractivity contribution in [1.29, 1.82) is 0 Å². The lowest BCUT2D eigenvalue weighted by Gasteiger charge is -2.09. The van der Waals surface area contributed by atoms with Gasteiger partial charge in [-0.05, 0) is 30.7 Å². The number of aryl methyl sites for hydroxylation is 1. The molecule has 0 aliphatic heterocycles. The molecule has 0 fully saturated rings. The minimum absolute atomic E-state index is 0.445. The predicted molar refractivity (Wildman–Crippen MR) is 75.1 cm³/mol. The van der Waals surface area contributed by atoms with E-state index in [1.54, 1.807) is 6.20 Å². The van der Waals surface area contributed by atoms with E-state index in [1.807, 2.05) is 53.8 Å². The molecule has 4 nitrogen and oxygen atoms in total. The third-order valence-electron chi connectivity index (χ3n) is 3.10. The summed E-state index contributed by atoms with van der Waals surface area (Å²) in [5.41, 5.74) is 8.86. The number of hydrogen-bond acceptors (Lipinski definition) is 3. The van der Waals surface area contributed by atoms with Crippen molar-refractivity contribution in [3.8, 4) is 5.75 Å². The maximum absolute atomic E-state index is 5.97. The quantitative estimate of drug-likeness (QED) is 0.781. The van der Waals surface area contributed by atoms with E-state index in [2.05, 4.69) is 4.98 Å². The lowest BCUT2D eigenvalue weighted by Crippen LogP contribution is -2.04. The average Bonchev–Trinajstić information content (AvgIpc) is 2.83. The highest BCUT2D eigenvalue weighted by Crippen LogP contribution is 2.19. The second-order valence-electron chi connectivity index (χ2n) is 4.45. The molecular formula is C15H15N3O. The number of aromatic nitrogens is 2. The fourth-order valence-electron chi connectivity index (χ4n) is 2.10. The standard InChI is InChI=1S/C15H15N3O/c1-11-5-2-3-6-13(11)19-10-12-9-17-15-8-4-7-14(16)18(12)15/h2-9H,10,16H2,1H3. The number of pyridine rings is 1. The van der Waals surface area contributed by atoms with E-state index in [1.165, 1.54) is 0 Å². The third-order valence-corrected chi connectivity index (χ3v) is 3.10. The monoisotopic (exact) mass is 253 g/mol. The second kappa shape index (κ2) is 4.65. The van der Waals surface area contributed by atoms with Crippen LogP contribution in [0.1, 0.15) is 11.3 Å². The van der Waals surface area contributed by atoms with Crippen molar-refractivity contribution in [2.45, 2.75) is 13.5 Å². The Labute approximate surface area is 111 Å². The Balaban J connectivity index is 1.89. The van der Waals surface area contributed by atoms with Crippen LogP contribution in [-0.4, -0.2) is 9.38 Å². The summed E-state index contributed by atoms with van der Waals surface area (Å²) in [6, 6.07) is 13.6. The third kappa shape index (κ3) is 2.12. The highest BCUT2D eigenvalue weighted by Gasteiger charge is 2.07. The van der Waals surface area contributed by atoms with Gasteiger partial charge in [0, 0.05) is 0 Å². The Morgan fingerprint density at radius 1 is 1.16 bits per heavy atom. The van der Waals surface area contributed by atoms with Gasteiger partial charge in [-0.15, -0.1) is 0 Å². The molecule has 0 aliphatic carbocycles. The van der Waals surface area contributed by atoms with Gasteiger partial charge in [0.15, 0.2) is 0 Å². The minimum atomic E-state index is 0.445. The summed E-state index contributed by atoms with van der Waals surface area (Å²) in [5, 5.41) is 0. The van der Waals surface area contributed by atoms with E-state index in [0.29, 0.717) is 12.4 Å². The number of para-hydroxylation sites is 1. The van der Waals surface area contributed by atoms with Crippen molar-refractivity contribution < 1.29 is 4.74 Å². The number of anilines is 1. The lowest BCUT2D eigenvalue weighted by atomic mass is 10.2. The zero-order chi connectivity index (χ0) is 13.2. The van der Waals surface area contributed by atoms with Gasteiger partial charge >= 0.3 is 0 Å². The number of benzene rings is 1.